The lowest BCUT2D eigenvalue weighted by Crippen LogP contribution is -2.41. The highest BCUT2D eigenvalue weighted by atomic mass is 19.1. The minimum atomic E-state index is -1.08. The molecular formula is C13H17BF2N2O2. The molecule has 2 rings (SSSR count). The first kappa shape index (κ1) is 14.9. The summed E-state index contributed by atoms with van der Waals surface area (Å²) in [5.74, 6) is 3.46. The predicted molar refractivity (Wildman–Crippen MR) is 73.9 cm³/mol. The fourth-order valence-electron chi connectivity index (χ4n) is 1.95. The van der Waals surface area contributed by atoms with E-state index in [0.29, 0.717) is 0 Å². The lowest BCUT2D eigenvalue weighted by atomic mass is 9.77. The Morgan fingerprint density at radius 3 is 1.95 bits per heavy atom. The van der Waals surface area contributed by atoms with Gasteiger partial charge in [0.25, 0.3) is 0 Å². The molecule has 1 fully saturated rings. The van der Waals surface area contributed by atoms with E-state index in [0.717, 1.165) is 12.1 Å². The molecule has 1 aromatic rings. The molecule has 0 saturated carbocycles. The summed E-state index contributed by atoms with van der Waals surface area (Å²) < 4.78 is 39.5. The van der Waals surface area contributed by atoms with Crippen molar-refractivity contribution in [1.82, 2.24) is 0 Å². The van der Waals surface area contributed by atoms with Crippen LogP contribution in [0.4, 0.5) is 8.78 Å². The van der Waals surface area contributed by atoms with E-state index >= 15 is 0 Å². The molecule has 0 unspecified atom stereocenters. The Labute approximate surface area is 117 Å². The zero-order valence-corrected chi connectivity index (χ0v) is 11.9. The van der Waals surface area contributed by atoms with Crippen LogP contribution in [-0.4, -0.2) is 24.5 Å². The number of hydrogen-bond acceptors (Lipinski definition) is 4. The SMILES string of the molecule is CC1(C)OB(c2c(F)cc(C=NN)cc2F)OC1(C)C. The highest BCUT2D eigenvalue weighted by Crippen LogP contribution is 2.36. The summed E-state index contributed by atoms with van der Waals surface area (Å²) >= 11 is 0. The highest BCUT2D eigenvalue weighted by Gasteiger charge is 2.53. The Balaban J connectivity index is 2.41. The van der Waals surface area contributed by atoms with E-state index in [-0.39, 0.29) is 11.0 Å². The third kappa shape index (κ3) is 2.43. The van der Waals surface area contributed by atoms with E-state index in [1.807, 2.05) is 27.7 Å². The van der Waals surface area contributed by atoms with Crippen LogP contribution in [-0.2, 0) is 9.31 Å². The minimum absolute atomic E-state index is 0.238. The second kappa shape index (κ2) is 4.82. The summed E-state index contributed by atoms with van der Waals surface area (Å²) in [5, 5.41) is 3.24. The maximum Gasteiger partial charge on any atom is 0.500 e. The molecule has 0 spiro atoms. The Bertz CT molecular complexity index is 522. The Morgan fingerprint density at radius 2 is 1.55 bits per heavy atom. The normalized spacial score (nSPS) is 20.8. The van der Waals surface area contributed by atoms with Crippen molar-refractivity contribution in [2.75, 3.05) is 0 Å². The molecule has 1 aliphatic rings. The molecule has 108 valence electrons. The number of hydrazone groups is 1. The summed E-state index contributed by atoms with van der Waals surface area (Å²) in [6.07, 6.45) is 1.17. The first-order chi connectivity index (χ1) is 9.18. The van der Waals surface area contributed by atoms with Gasteiger partial charge in [0.1, 0.15) is 11.6 Å². The number of nitrogens with zero attached hydrogens (tertiary/aromatic N) is 1. The summed E-state index contributed by atoms with van der Waals surface area (Å²) in [6, 6.07) is 2.28. The molecular weight excluding hydrogens is 265 g/mol. The third-order valence-corrected chi connectivity index (χ3v) is 3.81. The highest BCUT2D eigenvalue weighted by molar-refractivity contribution is 6.62. The number of rotatable bonds is 2. The van der Waals surface area contributed by atoms with Crippen LogP contribution in [0.5, 0.6) is 0 Å². The van der Waals surface area contributed by atoms with E-state index in [1.165, 1.54) is 6.21 Å². The number of benzene rings is 1. The molecule has 0 radical (unpaired) electrons. The van der Waals surface area contributed by atoms with Gasteiger partial charge in [-0.3, -0.25) is 0 Å². The van der Waals surface area contributed by atoms with Crippen LogP contribution in [0.1, 0.15) is 33.3 Å². The quantitative estimate of drug-likeness (QED) is 0.387. The van der Waals surface area contributed by atoms with E-state index in [4.69, 9.17) is 15.2 Å². The minimum Gasteiger partial charge on any atom is -0.399 e. The van der Waals surface area contributed by atoms with Gasteiger partial charge in [-0.2, -0.15) is 5.10 Å². The van der Waals surface area contributed by atoms with Crippen molar-refractivity contribution < 1.29 is 18.1 Å². The fourth-order valence-corrected chi connectivity index (χ4v) is 1.95. The second-order valence-corrected chi connectivity index (χ2v) is 5.76. The Hall–Kier alpha value is -1.47. The lowest BCUT2D eigenvalue weighted by Gasteiger charge is -2.32. The number of nitrogens with two attached hydrogens (primary N) is 1. The van der Waals surface area contributed by atoms with Crippen LogP contribution in [0, 0.1) is 11.6 Å². The molecule has 2 N–H and O–H groups in total. The predicted octanol–water partition coefficient (Wildman–Crippen LogP) is 1.56. The van der Waals surface area contributed by atoms with Gasteiger partial charge < -0.3 is 15.2 Å². The van der Waals surface area contributed by atoms with Crippen molar-refractivity contribution in [3.8, 4) is 0 Å². The van der Waals surface area contributed by atoms with Crippen LogP contribution in [0.2, 0.25) is 0 Å². The largest absolute Gasteiger partial charge is 0.500 e. The van der Waals surface area contributed by atoms with Crippen molar-refractivity contribution >= 4 is 18.8 Å². The zero-order valence-electron chi connectivity index (χ0n) is 11.9. The number of hydrogen-bond donors (Lipinski definition) is 1. The summed E-state index contributed by atoms with van der Waals surface area (Å²) in [4.78, 5) is 0. The lowest BCUT2D eigenvalue weighted by molar-refractivity contribution is 0.00578. The molecule has 7 heteroatoms. The van der Waals surface area contributed by atoms with Crippen molar-refractivity contribution in [2.45, 2.75) is 38.9 Å². The van der Waals surface area contributed by atoms with Gasteiger partial charge in [0.05, 0.1) is 22.9 Å². The van der Waals surface area contributed by atoms with Crippen LogP contribution in [0.3, 0.4) is 0 Å². The van der Waals surface area contributed by atoms with Gasteiger partial charge in [-0.1, -0.05) is 0 Å². The van der Waals surface area contributed by atoms with Crippen LogP contribution in [0.25, 0.3) is 0 Å². The summed E-state index contributed by atoms with van der Waals surface area (Å²) in [5.41, 5.74) is -1.32. The molecule has 0 amide bonds. The van der Waals surface area contributed by atoms with E-state index in [9.17, 15) is 8.78 Å². The monoisotopic (exact) mass is 282 g/mol. The molecule has 20 heavy (non-hydrogen) atoms. The van der Waals surface area contributed by atoms with Gasteiger partial charge in [0.15, 0.2) is 0 Å². The Kier molecular flexibility index (Phi) is 3.60. The standard InChI is InChI=1S/C13H17BF2N2O2/c1-12(2)13(3,4)20-14(19-12)11-9(15)5-8(7-18-17)6-10(11)16/h5-7H,17H2,1-4H3. The first-order valence-corrected chi connectivity index (χ1v) is 6.26. The molecule has 0 aliphatic carbocycles. The number of halogens is 2. The zero-order chi connectivity index (χ0) is 15.1. The van der Waals surface area contributed by atoms with Crippen molar-refractivity contribution in [3.05, 3.63) is 29.3 Å². The smallest absolute Gasteiger partial charge is 0.399 e. The summed E-state index contributed by atoms with van der Waals surface area (Å²) in [6.45, 7) is 7.27. The molecule has 0 aromatic heterocycles. The van der Waals surface area contributed by atoms with E-state index in [2.05, 4.69) is 5.10 Å². The summed E-state index contributed by atoms with van der Waals surface area (Å²) in [7, 11) is -1.08. The van der Waals surface area contributed by atoms with Gasteiger partial charge in [-0.05, 0) is 39.8 Å². The van der Waals surface area contributed by atoms with Gasteiger partial charge in [-0.25, -0.2) is 8.78 Å². The van der Waals surface area contributed by atoms with Gasteiger partial charge in [-0.15, -0.1) is 0 Å². The molecule has 4 nitrogen and oxygen atoms in total. The van der Waals surface area contributed by atoms with E-state index in [1.54, 1.807) is 0 Å². The maximum atomic E-state index is 14.1. The first-order valence-electron chi connectivity index (χ1n) is 6.26. The molecule has 1 saturated heterocycles. The molecule has 1 heterocycles. The molecule has 0 atom stereocenters. The fraction of sp³-hybridized carbons (Fsp3) is 0.462. The van der Waals surface area contributed by atoms with Gasteiger partial charge >= 0.3 is 7.12 Å². The Morgan fingerprint density at radius 1 is 1.10 bits per heavy atom. The van der Waals surface area contributed by atoms with E-state index < -0.39 is 30.0 Å². The average molecular weight is 282 g/mol. The second-order valence-electron chi connectivity index (χ2n) is 5.76. The third-order valence-electron chi connectivity index (χ3n) is 3.81. The van der Waals surface area contributed by atoms with Crippen LogP contribution in [0.15, 0.2) is 17.2 Å². The van der Waals surface area contributed by atoms with Crippen molar-refractivity contribution in [2.24, 2.45) is 10.9 Å². The van der Waals surface area contributed by atoms with Crippen molar-refractivity contribution in [1.29, 1.82) is 0 Å². The molecule has 0 bridgehead atoms. The van der Waals surface area contributed by atoms with Crippen molar-refractivity contribution in [3.63, 3.8) is 0 Å². The van der Waals surface area contributed by atoms with Gasteiger partial charge in [0, 0.05) is 5.56 Å². The average Bonchev–Trinajstić information content (AvgIpc) is 2.46. The van der Waals surface area contributed by atoms with Crippen LogP contribution < -0.4 is 11.3 Å². The molecule has 1 aromatic carbocycles. The van der Waals surface area contributed by atoms with Gasteiger partial charge in [0.2, 0.25) is 0 Å². The topological polar surface area (TPSA) is 56.8 Å². The maximum absolute atomic E-state index is 14.1. The van der Waals surface area contributed by atoms with Crippen LogP contribution >= 0.6 is 0 Å². The molecule has 1 aliphatic heterocycles.